The molecule has 0 amide bonds. The first-order valence-corrected chi connectivity index (χ1v) is 6.85. The Labute approximate surface area is 111 Å². The highest BCUT2D eigenvalue weighted by Crippen LogP contribution is 2.20. The third-order valence-electron chi connectivity index (χ3n) is 3.27. The minimum atomic E-state index is 0.336. The quantitative estimate of drug-likeness (QED) is 0.647. The molecular weight excluding hydrogens is 280 g/mol. The largest absolute Gasteiger partial charge is 0.381 e. The van der Waals surface area contributed by atoms with Crippen molar-refractivity contribution in [3.05, 3.63) is 34.3 Å². The van der Waals surface area contributed by atoms with Crippen LogP contribution in [0.2, 0.25) is 0 Å². The maximum absolute atomic E-state index is 5.63. The summed E-state index contributed by atoms with van der Waals surface area (Å²) in [6.07, 6.45) is 3.23. The standard InChI is InChI=1S/C13H19BrN2O/c14-12-3-1-10(2-4-12)7-13(16-15)8-11-5-6-17-9-11/h1-4,11,13,16H,5-9,15H2. The van der Waals surface area contributed by atoms with Crippen LogP contribution < -0.4 is 11.3 Å². The second-order valence-electron chi connectivity index (χ2n) is 4.66. The van der Waals surface area contributed by atoms with Crippen molar-refractivity contribution >= 4 is 15.9 Å². The molecule has 0 aliphatic carbocycles. The summed E-state index contributed by atoms with van der Waals surface area (Å²) >= 11 is 3.44. The van der Waals surface area contributed by atoms with Gasteiger partial charge >= 0.3 is 0 Å². The van der Waals surface area contributed by atoms with Crippen molar-refractivity contribution in [2.45, 2.75) is 25.3 Å². The fourth-order valence-corrected chi connectivity index (χ4v) is 2.55. The smallest absolute Gasteiger partial charge is 0.0495 e. The molecule has 2 atom stereocenters. The Balaban J connectivity index is 1.87. The van der Waals surface area contributed by atoms with Gasteiger partial charge in [-0.05, 0) is 42.9 Å². The molecule has 1 aliphatic rings. The second-order valence-corrected chi connectivity index (χ2v) is 5.58. The van der Waals surface area contributed by atoms with E-state index in [1.807, 2.05) is 0 Å². The molecule has 0 radical (unpaired) electrons. The van der Waals surface area contributed by atoms with E-state index in [9.17, 15) is 0 Å². The van der Waals surface area contributed by atoms with Crippen molar-refractivity contribution in [3.63, 3.8) is 0 Å². The van der Waals surface area contributed by atoms with Gasteiger partial charge in [0.1, 0.15) is 0 Å². The number of hydrazine groups is 1. The number of nitrogens with two attached hydrogens (primary N) is 1. The van der Waals surface area contributed by atoms with Crippen LogP contribution in [0.5, 0.6) is 0 Å². The van der Waals surface area contributed by atoms with Crippen LogP contribution in [0.4, 0.5) is 0 Å². The van der Waals surface area contributed by atoms with Gasteiger partial charge in [-0.3, -0.25) is 11.3 Å². The van der Waals surface area contributed by atoms with Crippen molar-refractivity contribution in [2.75, 3.05) is 13.2 Å². The highest BCUT2D eigenvalue weighted by Gasteiger charge is 2.20. The minimum Gasteiger partial charge on any atom is -0.381 e. The van der Waals surface area contributed by atoms with Crippen molar-refractivity contribution in [1.29, 1.82) is 0 Å². The third kappa shape index (κ3) is 4.07. The van der Waals surface area contributed by atoms with Gasteiger partial charge in [-0.1, -0.05) is 28.1 Å². The first kappa shape index (κ1) is 13.0. The van der Waals surface area contributed by atoms with Crippen LogP contribution in [0.25, 0.3) is 0 Å². The van der Waals surface area contributed by atoms with Crippen molar-refractivity contribution in [1.82, 2.24) is 5.43 Å². The Morgan fingerprint density at radius 2 is 2.18 bits per heavy atom. The molecule has 1 aliphatic heterocycles. The lowest BCUT2D eigenvalue weighted by Crippen LogP contribution is -2.38. The van der Waals surface area contributed by atoms with Gasteiger partial charge in [-0.15, -0.1) is 0 Å². The minimum absolute atomic E-state index is 0.336. The molecule has 17 heavy (non-hydrogen) atoms. The number of rotatable bonds is 5. The molecule has 1 fully saturated rings. The summed E-state index contributed by atoms with van der Waals surface area (Å²) in [5, 5.41) is 0. The monoisotopic (exact) mass is 298 g/mol. The molecule has 2 rings (SSSR count). The van der Waals surface area contributed by atoms with E-state index in [1.165, 1.54) is 12.0 Å². The van der Waals surface area contributed by atoms with E-state index in [-0.39, 0.29) is 0 Å². The van der Waals surface area contributed by atoms with Crippen LogP contribution in [0.3, 0.4) is 0 Å². The van der Waals surface area contributed by atoms with E-state index in [0.29, 0.717) is 12.0 Å². The number of hydrogen-bond acceptors (Lipinski definition) is 3. The van der Waals surface area contributed by atoms with Gasteiger partial charge in [0.05, 0.1) is 0 Å². The highest BCUT2D eigenvalue weighted by molar-refractivity contribution is 9.10. The van der Waals surface area contributed by atoms with E-state index >= 15 is 0 Å². The number of ether oxygens (including phenoxy) is 1. The fourth-order valence-electron chi connectivity index (χ4n) is 2.29. The van der Waals surface area contributed by atoms with E-state index < -0.39 is 0 Å². The first-order chi connectivity index (χ1) is 8.28. The Bertz CT molecular complexity index is 336. The number of halogens is 1. The van der Waals surface area contributed by atoms with E-state index in [1.54, 1.807) is 0 Å². The average Bonchev–Trinajstić information content (AvgIpc) is 2.84. The van der Waals surface area contributed by atoms with Crippen LogP contribution in [-0.2, 0) is 11.2 Å². The van der Waals surface area contributed by atoms with Gasteiger partial charge in [-0.2, -0.15) is 0 Å². The summed E-state index contributed by atoms with van der Waals surface area (Å²) in [6, 6.07) is 8.75. The van der Waals surface area contributed by atoms with Crippen LogP contribution in [-0.4, -0.2) is 19.3 Å². The highest BCUT2D eigenvalue weighted by atomic mass is 79.9. The van der Waals surface area contributed by atoms with Gasteiger partial charge < -0.3 is 4.74 Å². The SMILES string of the molecule is NNC(Cc1ccc(Br)cc1)CC1CCOC1. The van der Waals surface area contributed by atoms with Gasteiger partial charge in [0.15, 0.2) is 0 Å². The Hall–Kier alpha value is -0.420. The van der Waals surface area contributed by atoms with Gasteiger partial charge in [0.25, 0.3) is 0 Å². The topological polar surface area (TPSA) is 47.3 Å². The molecule has 0 spiro atoms. The van der Waals surface area contributed by atoms with Gasteiger partial charge in [-0.25, -0.2) is 0 Å². The lowest BCUT2D eigenvalue weighted by Gasteiger charge is -2.19. The summed E-state index contributed by atoms with van der Waals surface area (Å²) in [6.45, 7) is 1.79. The lowest BCUT2D eigenvalue weighted by atomic mass is 9.95. The summed E-state index contributed by atoms with van der Waals surface area (Å²) in [5.41, 5.74) is 4.24. The molecule has 1 heterocycles. The maximum atomic E-state index is 5.63. The zero-order valence-corrected chi connectivity index (χ0v) is 11.4. The summed E-state index contributed by atoms with van der Waals surface area (Å²) in [4.78, 5) is 0. The van der Waals surface area contributed by atoms with Crippen LogP contribution in [0.1, 0.15) is 18.4 Å². The predicted octanol–water partition coefficient (Wildman–Crippen LogP) is 2.25. The third-order valence-corrected chi connectivity index (χ3v) is 3.80. The average molecular weight is 299 g/mol. The zero-order valence-electron chi connectivity index (χ0n) is 9.86. The fraction of sp³-hybridized carbons (Fsp3) is 0.538. The van der Waals surface area contributed by atoms with Gasteiger partial charge in [0, 0.05) is 23.7 Å². The molecule has 2 unspecified atom stereocenters. The van der Waals surface area contributed by atoms with E-state index in [4.69, 9.17) is 10.6 Å². The maximum Gasteiger partial charge on any atom is 0.0495 e. The van der Waals surface area contributed by atoms with Gasteiger partial charge in [0.2, 0.25) is 0 Å². The number of nitrogens with one attached hydrogen (secondary N) is 1. The van der Waals surface area contributed by atoms with E-state index in [0.717, 1.165) is 30.5 Å². The molecular formula is C13H19BrN2O. The Morgan fingerprint density at radius 1 is 1.41 bits per heavy atom. The molecule has 0 aromatic heterocycles. The molecule has 0 saturated carbocycles. The predicted molar refractivity (Wildman–Crippen MR) is 72.5 cm³/mol. The molecule has 1 aromatic rings. The molecule has 4 heteroatoms. The Kier molecular flexibility index (Phi) is 4.98. The normalized spacial score (nSPS) is 21.6. The summed E-state index contributed by atoms with van der Waals surface area (Å²) in [7, 11) is 0. The number of hydrogen-bond donors (Lipinski definition) is 2. The van der Waals surface area contributed by atoms with Crippen molar-refractivity contribution in [2.24, 2.45) is 11.8 Å². The van der Waals surface area contributed by atoms with Crippen molar-refractivity contribution in [3.8, 4) is 0 Å². The van der Waals surface area contributed by atoms with Crippen LogP contribution in [0.15, 0.2) is 28.7 Å². The first-order valence-electron chi connectivity index (χ1n) is 6.06. The molecule has 3 N–H and O–H groups in total. The molecule has 3 nitrogen and oxygen atoms in total. The number of benzene rings is 1. The molecule has 1 saturated heterocycles. The van der Waals surface area contributed by atoms with Crippen molar-refractivity contribution < 1.29 is 4.74 Å². The summed E-state index contributed by atoms with van der Waals surface area (Å²) in [5.74, 6) is 6.29. The molecule has 94 valence electrons. The summed E-state index contributed by atoms with van der Waals surface area (Å²) < 4.78 is 6.51. The van der Waals surface area contributed by atoms with Crippen LogP contribution in [0, 0.1) is 5.92 Å². The molecule has 0 bridgehead atoms. The lowest BCUT2D eigenvalue weighted by molar-refractivity contribution is 0.181. The zero-order chi connectivity index (χ0) is 12.1. The second kappa shape index (κ2) is 6.50. The Morgan fingerprint density at radius 3 is 2.76 bits per heavy atom. The van der Waals surface area contributed by atoms with Crippen LogP contribution >= 0.6 is 15.9 Å². The molecule has 1 aromatic carbocycles. The van der Waals surface area contributed by atoms with E-state index in [2.05, 4.69) is 45.6 Å².